The fourth-order valence-electron chi connectivity index (χ4n) is 1.80. The number of nitrogens with zero attached hydrogens (tertiary/aromatic N) is 3. The molecule has 128 valence electrons. The lowest BCUT2D eigenvalue weighted by Crippen LogP contribution is -2.14. The fraction of sp³-hybridized carbons (Fsp3) is 0.0667. The van der Waals surface area contributed by atoms with Crippen LogP contribution in [0.5, 0.6) is 0 Å². The lowest BCUT2D eigenvalue weighted by Gasteiger charge is -2.02. The number of thioether (sulfide) groups is 1. The summed E-state index contributed by atoms with van der Waals surface area (Å²) in [6.07, 6.45) is 1.60. The van der Waals surface area contributed by atoms with Crippen LogP contribution in [0.4, 0.5) is 5.82 Å². The number of anilines is 1. The van der Waals surface area contributed by atoms with Gasteiger partial charge < -0.3 is 9.73 Å². The van der Waals surface area contributed by atoms with Crippen molar-refractivity contribution in [1.29, 1.82) is 0 Å². The molecule has 0 saturated heterocycles. The van der Waals surface area contributed by atoms with Crippen LogP contribution in [0.15, 0.2) is 50.6 Å². The molecule has 0 aliphatic rings. The second-order valence-electron chi connectivity index (χ2n) is 4.70. The zero-order valence-electron chi connectivity index (χ0n) is 12.4. The van der Waals surface area contributed by atoms with Gasteiger partial charge in [0.1, 0.15) is 5.82 Å². The van der Waals surface area contributed by atoms with Crippen molar-refractivity contribution in [1.82, 2.24) is 15.2 Å². The van der Waals surface area contributed by atoms with Crippen molar-refractivity contribution < 1.29 is 9.21 Å². The molecule has 10 heteroatoms. The van der Waals surface area contributed by atoms with E-state index in [4.69, 9.17) is 27.6 Å². The Morgan fingerprint density at radius 3 is 2.80 bits per heavy atom. The molecule has 3 rings (SSSR count). The van der Waals surface area contributed by atoms with Crippen molar-refractivity contribution in [3.63, 3.8) is 0 Å². The minimum Gasteiger partial charge on any atom is -0.411 e. The molecular formula is C15H9BrCl2N4O2S. The molecule has 0 aliphatic carbocycles. The van der Waals surface area contributed by atoms with E-state index < -0.39 is 0 Å². The van der Waals surface area contributed by atoms with E-state index in [1.54, 1.807) is 36.5 Å². The molecule has 0 unspecified atom stereocenters. The highest BCUT2D eigenvalue weighted by Crippen LogP contribution is 2.31. The van der Waals surface area contributed by atoms with Crippen LogP contribution in [-0.2, 0) is 4.79 Å². The van der Waals surface area contributed by atoms with E-state index in [2.05, 4.69) is 36.4 Å². The summed E-state index contributed by atoms with van der Waals surface area (Å²) in [5.41, 5.74) is 0.578. The number of amides is 1. The first-order valence-corrected chi connectivity index (χ1v) is 9.38. The van der Waals surface area contributed by atoms with Crippen LogP contribution in [0, 0.1) is 0 Å². The predicted octanol–water partition coefficient (Wildman–Crippen LogP) is 4.93. The molecule has 0 bridgehead atoms. The highest BCUT2D eigenvalue weighted by molar-refractivity contribution is 9.10. The van der Waals surface area contributed by atoms with Gasteiger partial charge in [0, 0.05) is 15.7 Å². The van der Waals surface area contributed by atoms with Gasteiger partial charge in [0.25, 0.3) is 5.22 Å². The van der Waals surface area contributed by atoms with Gasteiger partial charge in [0.05, 0.1) is 16.3 Å². The molecule has 1 aromatic carbocycles. The first-order chi connectivity index (χ1) is 12.0. The summed E-state index contributed by atoms with van der Waals surface area (Å²) in [6, 6.07) is 8.45. The van der Waals surface area contributed by atoms with E-state index in [-0.39, 0.29) is 22.8 Å². The van der Waals surface area contributed by atoms with E-state index in [1.165, 1.54) is 0 Å². The third kappa shape index (κ3) is 4.94. The van der Waals surface area contributed by atoms with Gasteiger partial charge in [-0.05, 0) is 46.3 Å². The molecule has 6 nitrogen and oxygen atoms in total. The molecule has 0 atom stereocenters. The molecule has 0 spiro atoms. The first kappa shape index (κ1) is 18.2. The number of carbonyl (C=O) groups is 1. The van der Waals surface area contributed by atoms with Gasteiger partial charge in [-0.3, -0.25) is 4.79 Å². The first-order valence-electron chi connectivity index (χ1n) is 6.84. The van der Waals surface area contributed by atoms with Crippen LogP contribution < -0.4 is 5.32 Å². The molecule has 2 heterocycles. The largest absolute Gasteiger partial charge is 0.411 e. The summed E-state index contributed by atoms with van der Waals surface area (Å²) in [4.78, 5) is 16.0. The van der Waals surface area contributed by atoms with Crippen LogP contribution in [-0.4, -0.2) is 26.8 Å². The minimum absolute atomic E-state index is 0.105. The van der Waals surface area contributed by atoms with E-state index in [0.717, 1.165) is 16.2 Å². The molecule has 0 fully saturated rings. The molecule has 25 heavy (non-hydrogen) atoms. The quantitative estimate of drug-likeness (QED) is 0.544. The highest BCUT2D eigenvalue weighted by atomic mass is 79.9. The number of pyridine rings is 1. The van der Waals surface area contributed by atoms with Crippen LogP contribution in [0.3, 0.4) is 0 Å². The Kier molecular flexibility index (Phi) is 5.95. The zero-order valence-corrected chi connectivity index (χ0v) is 16.3. The number of aromatic nitrogens is 3. The van der Waals surface area contributed by atoms with E-state index in [0.29, 0.717) is 21.4 Å². The number of rotatable bonds is 5. The second-order valence-corrected chi connectivity index (χ2v) is 7.38. The average molecular weight is 460 g/mol. The van der Waals surface area contributed by atoms with Crippen molar-refractivity contribution in [2.45, 2.75) is 5.22 Å². The summed E-state index contributed by atoms with van der Waals surface area (Å²) in [5.74, 6) is 0.601. The molecular weight excluding hydrogens is 451 g/mol. The molecule has 1 N–H and O–H groups in total. The lowest BCUT2D eigenvalue weighted by molar-refractivity contribution is -0.113. The maximum Gasteiger partial charge on any atom is 0.277 e. The van der Waals surface area contributed by atoms with Gasteiger partial charge in [-0.1, -0.05) is 35.0 Å². The Balaban J connectivity index is 1.59. The van der Waals surface area contributed by atoms with E-state index in [9.17, 15) is 4.79 Å². The third-order valence-corrected chi connectivity index (χ3v) is 4.72. The second kappa shape index (κ2) is 8.18. The van der Waals surface area contributed by atoms with E-state index >= 15 is 0 Å². The van der Waals surface area contributed by atoms with Crippen molar-refractivity contribution in [3.8, 4) is 11.5 Å². The van der Waals surface area contributed by atoms with Gasteiger partial charge >= 0.3 is 0 Å². The van der Waals surface area contributed by atoms with Crippen molar-refractivity contribution in [2.24, 2.45) is 0 Å². The standard InChI is InChI=1S/C15H9BrCl2N4O2S/c16-8-1-4-12(19-6-8)20-13(23)7-25-15-22-21-14(24-15)10-3-2-9(17)5-11(10)18/h1-6H,7H2,(H,19,20,23). The van der Waals surface area contributed by atoms with Crippen molar-refractivity contribution in [2.75, 3.05) is 11.1 Å². The summed E-state index contributed by atoms with van der Waals surface area (Å²) >= 11 is 16.4. The Morgan fingerprint density at radius 2 is 2.08 bits per heavy atom. The van der Waals surface area contributed by atoms with Crippen LogP contribution in [0.2, 0.25) is 10.0 Å². The zero-order chi connectivity index (χ0) is 17.8. The van der Waals surface area contributed by atoms with Gasteiger partial charge in [-0.15, -0.1) is 10.2 Å². The number of carbonyl (C=O) groups excluding carboxylic acids is 1. The average Bonchev–Trinajstić information content (AvgIpc) is 3.04. The summed E-state index contributed by atoms with van der Waals surface area (Å²) in [7, 11) is 0. The van der Waals surface area contributed by atoms with Crippen molar-refractivity contribution >= 4 is 62.6 Å². The van der Waals surface area contributed by atoms with Crippen LogP contribution >= 0.6 is 50.9 Å². The Hall–Kier alpha value is -1.61. The predicted molar refractivity (Wildman–Crippen MR) is 101 cm³/mol. The summed E-state index contributed by atoms with van der Waals surface area (Å²) < 4.78 is 6.35. The Labute approximate surface area is 165 Å². The van der Waals surface area contributed by atoms with Gasteiger partial charge in [-0.25, -0.2) is 4.98 Å². The fourth-order valence-corrected chi connectivity index (χ4v) is 3.08. The number of hydrogen-bond donors (Lipinski definition) is 1. The smallest absolute Gasteiger partial charge is 0.277 e. The van der Waals surface area contributed by atoms with Crippen LogP contribution in [0.1, 0.15) is 0 Å². The van der Waals surface area contributed by atoms with Gasteiger partial charge in [0.15, 0.2) is 0 Å². The number of hydrogen-bond acceptors (Lipinski definition) is 6. The topological polar surface area (TPSA) is 80.9 Å². The lowest BCUT2D eigenvalue weighted by atomic mass is 10.2. The number of nitrogens with one attached hydrogen (secondary N) is 1. The molecule has 0 radical (unpaired) electrons. The summed E-state index contributed by atoms with van der Waals surface area (Å²) in [5, 5.41) is 11.7. The molecule has 0 saturated carbocycles. The number of halogens is 3. The normalized spacial score (nSPS) is 10.7. The summed E-state index contributed by atoms with van der Waals surface area (Å²) in [6.45, 7) is 0. The van der Waals surface area contributed by atoms with Crippen molar-refractivity contribution in [3.05, 3.63) is 51.0 Å². The number of benzene rings is 1. The monoisotopic (exact) mass is 458 g/mol. The maximum atomic E-state index is 11.9. The minimum atomic E-state index is -0.232. The SMILES string of the molecule is O=C(CSc1nnc(-c2ccc(Cl)cc2Cl)o1)Nc1ccc(Br)cn1. The molecule has 1 amide bonds. The molecule has 2 aromatic heterocycles. The third-order valence-electron chi connectivity index (χ3n) is 2.89. The highest BCUT2D eigenvalue weighted by Gasteiger charge is 2.14. The molecule has 3 aromatic rings. The Bertz CT molecular complexity index is 905. The maximum absolute atomic E-state index is 11.9. The Morgan fingerprint density at radius 1 is 1.24 bits per heavy atom. The van der Waals surface area contributed by atoms with Gasteiger partial charge in [-0.2, -0.15) is 0 Å². The van der Waals surface area contributed by atoms with Crippen LogP contribution in [0.25, 0.3) is 11.5 Å². The van der Waals surface area contributed by atoms with Gasteiger partial charge in [0.2, 0.25) is 11.8 Å². The van der Waals surface area contributed by atoms with E-state index in [1.807, 2.05) is 0 Å². The molecule has 0 aliphatic heterocycles.